The highest BCUT2D eigenvalue weighted by Gasteiger charge is 2.34. The van der Waals surface area contributed by atoms with Crippen LogP contribution in [0.25, 0.3) is 10.8 Å². The van der Waals surface area contributed by atoms with Gasteiger partial charge < -0.3 is 15.0 Å². The van der Waals surface area contributed by atoms with E-state index < -0.39 is 29.5 Å². The topological polar surface area (TPSA) is 24.5 Å². The molecular weight excluding hydrogens is 487 g/mol. The Bertz CT molecular complexity index is 1420. The van der Waals surface area contributed by atoms with Crippen LogP contribution in [-0.2, 0) is 6.18 Å². The number of nitrogens with one attached hydrogen (secondary N) is 1. The lowest BCUT2D eigenvalue weighted by Gasteiger charge is -2.37. The molecule has 4 aromatic rings. The summed E-state index contributed by atoms with van der Waals surface area (Å²) >= 11 is 0. The number of fused-ring (bicyclic) bond motifs is 2. The number of para-hydroxylation sites is 1. The predicted molar refractivity (Wildman–Crippen MR) is 134 cm³/mol. The Labute approximate surface area is 211 Å². The average Bonchev–Trinajstić information content (AvgIpc) is 2.87. The van der Waals surface area contributed by atoms with E-state index in [4.69, 9.17) is 4.74 Å². The van der Waals surface area contributed by atoms with Crippen molar-refractivity contribution in [1.29, 1.82) is 0 Å². The van der Waals surface area contributed by atoms with Crippen molar-refractivity contribution in [2.24, 2.45) is 0 Å². The Morgan fingerprint density at radius 1 is 0.973 bits per heavy atom. The van der Waals surface area contributed by atoms with E-state index >= 15 is 0 Å². The van der Waals surface area contributed by atoms with E-state index in [2.05, 4.69) is 36.5 Å². The minimum atomic E-state index is -4.71. The predicted octanol–water partition coefficient (Wildman–Crippen LogP) is 7.78. The molecule has 1 aliphatic heterocycles. The van der Waals surface area contributed by atoms with Crippen LogP contribution < -0.4 is 15.0 Å². The highest BCUT2D eigenvalue weighted by atomic mass is 19.4. The first-order valence-corrected chi connectivity index (χ1v) is 12.0. The average molecular weight is 513 g/mol. The number of hydrogen-bond donors (Lipinski definition) is 1. The number of benzene rings is 4. The number of anilines is 2. The Hall–Kier alpha value is -3.65. The molecule has 0 amide bonds. The van der Waals surface area contributed by atoms with Crippen LogP contribution in [0.5, 0.6) is 5.75 Å². The zero-order chi connectivity index (χ0) is 26.2. The fraction of sp³-hybridized carbons (Fsp3) is 0.241. The van der Waals surface area contributed by atoms with Gasteiger partial charge in [-0.25, -0.2) is 8.78 Å². The lowest BCUT2D eigenvalue weighted by molar-refractivity contribution is -0.137. The molecule has 0 saturated carbocycles. The first-order chi connectivity index (χ1) is 17.7. The van der Waals surface area contributed by atoms with Gasteiger partial charge in [0.15, 0.2) is 11.6 Å². The molecule has 0 aromatic heterocycles. The Kier molecular flexibility index (Phi) is 6.77. The molecule has 2 atom stereocenters. The van der Waals surface area contributed by atoms with Gasteiger partial charge >= 0.3 is 6.18 Å². The van der Waals surface area contributed by atoms with Gasteiger partial charge in [-0.1, -0.05) is 48.5 Å². The molecular formula is C29H25F5N2O. The van der Waals surface area contributed by atoms with E-state index in [0.717, 1.165) is 28.5 Å². The maximum atomic E-state index is 14.7. The minimum Gasteiger partial charge on any atom is -0.483 e. The summed E-state index contributed by atoms with van der Waals surface area (Å²) in [4.78, 5) is 1.49. The molecule has 0 radical (unpaired) electrons. The highest BCUT2D eigenvalue weighted by molar-refractivity contribution is 5.86. The number of rotatable bonds is 6. The molecule has 1 aliphatic rings. The third kappa shape index (κ3) is 5.25. The van der Waals surface area contributed by atoms with Gasteiger partial charge in [0.25, 0.3) is 0 Å². The number of ether oxygens (including phenoxy) is 1. The summed E-state index contributed by atoms with van der Waals surface area (Å²) in [6, 6.07) is 20.8. The van der Waals surface area contributed by atoms with Gasteiger partial charge in [0.05, 0.1) is 17.8 Å². The zero-order valence-corrected chi connectivity index (χ0v) is 20.0. The number of alkyl halides is 3. The summed E-state index contributed by atoms with van der Waals surface area (Å²) in [7, 11) is 0. The van der Waals surface area contributed by atoms with Crippen LogP contribution in [0.15, 0.2) is 78.9 Å². The number of hydrogen-bond acceptors (Lipinski definition) is 3. The quantitative estimate of drug-likeness (QED) is 0.267. The maximum Gasteiger partial charge on any atom is 0.416 e. The summed E-state index contributed by atoms with van der Waals surface area (Å²) < 4.78 is 74.9. The molecule has 0 aliphatic carbocycles. The molecule has 0 bridgehead atoms. The van der Waals surface area contributed by atoms with Crippen LogP contribution in [0.1, 0.15) is 30.5 Å². The Morgan fingerprint density at radius 3 is 2.54 bits per heavy atom. The molecule has 4 aromatic carbocycles. The molecule has 1 heterocycles. The van der Waals surface area contributed by atoms with Crippen LogP contribution in [-0.4, -0.2) is 19.2 Å². The normalized spacial score (nSPS) is 16.4. The summed E-state index contributed by atoms with van der Waals surface area (Å²) in [6.45, 7) is 2.71. The van der Waals surface area contributed by atoms with E-state index in [-0.39, 0.29) is 29.7 Å². The van der Waals surface area contributed by atoms with E-state index in [9.17, 15) is 22.0 Å². The highest BCUT2D eigenvalue weighted by Crippen LogP contribution is 2.42. The second-order valence-corrected chi connectivity index (χ2v) is 9.17. The van der Waals surface area contributed by atoms with Crippen molar-refractivity contribution in [2.75, 3.05) is 18.0 Å². The van der Waals surface area contributed by atoms with E-state index in [1.165, 1.54) is 17.0 Å². The van der Waals surface area contributed by atoms with E-state index in [1.807, 2.05) is 18.2 Å². The van der Waals surface area contributed by atoms with Gasteiger partial charge in [-0.05, 0) is 66.6 Å². The second-order valence-electron chi connectivity index (χ2n) is 9.17. The molecule has 192 valence electrons. The summed E-state index contributed by atoms with van der Waals surface area (Å²) in [5.74, 6) is -1.70. The SMILES string of the molecule is C[C@@H](NCCC1CN(c2cc(F)cc(C(F)(F)F)c2)c2cccc(F)c2O1)c1cccc2ccccc12. The van der Waals surface area contributed by atoms with Gasteiger partial charge in [-0.3, -0.25) is 0 Å². The van der Waals surface area contributed by atoms with Crippen LogP contribution >= 0.6 is 0 Å². The van der Waals surface area contributed by atoms with Gasteiger partial charge in [0.1, 0.15) is 11.9 Å². The van der Waals surface area contributed by atoms with Gasteiger partial charge in [-0.15, -0.1) is 0 Å². The van der Waals surface area contributed by atoms with Crippen molar-refractivity contribution < 1.29 is 26.7 Å². The lowest BCUT2D eigenvalue weighted by atomic mass is 9.99. The van der Waals surface area contributed by atoms with Crippen molar-refractivity contribution in [3.8, 4) is 5.75 Å². The second kappa shape index (κ2) is 10.0. The zero-order valence-electron chi connectivity index (χ0n) is 20.0. The smallest absolute Gasteiger partial charge is 0.416 e. The van der Waals surface area contributed by atoms with Crippen LogP contribution in [0.2, 0.25) is 0 Å². The standard InChI is InChI=1S/C29H25F5N2O/c1-18(24-9-4-7-19-6-2-3-8-25(19)24)35-13-12-23-17-36(27-11-5-10-26(31)28(27)37-23)22-15-20(29(32,33)34)14-21(30)16-22/h2-11,14-16,18,23,35H,12-13,17H2,1H3/t18-,23?/m1/s1. The van der Waals surface area contributed by atoms with Crippen molar-refractivity contribution in [2.45, 2.75) is 31.7 Å². The van der Waals surface area contributed by atoms with Crippen LogP contribution in [0.4, 0.5) is 33.3 Å². The maximum absolute atomic E-state index is 14.7. The van der Waals surface area contributed by atoms with Gasteiger partial charge in [0.2, 0.25) is 0 Å². The van der Waals surface area contributed by atoms with Crippen molar-refractivity contribution >= 4 is 22.1 Å². The van der Waals surface area contributed by atoms with Crippen molar-refractivity contribution in [1.82, 2.24) is 5.32 Å². The van der Waals surface area contributed by atoms with Crippen LogP contribution in [0, 0.1) is 11.6 Å². The van der Waals surface area contributed by atoms with Crippen molar-refractivity contribution in [3.05, 3.63) is 102 Å². The summed E-state index contributed by atoms with van der Waals surface area (Å²) in [5.41, 5.74) is 0.283. The molecule has 8 heteroatoms. The first-order valence-electron chi connectivity index (χ1n) is 12.0. The van der Waals surface area contributed by atoms with Gasteiger partial charge in [0, 0.05) is 11.7 Å². The Balaban J connectivity index is 1.36. The molecule has 1 N–H and O–H groups in total. The van der Waals surface area contributed by atoms with E-state index in [0.29, 0.717) is 19.0 Å². The van der Waals surface area contributed by atoms with Crippen molar-refractivity contribution in [3.63, 3.8) is 0 Å². The third-order valence-corrected chi connectivity index (χ3v) is 6.64. The van der Waals surface area contributed by atoms with Crippen LogP contribution in [0.3, 0.4) is 0 Å². The van der Waals surface area contributed by atoms with Gasteiger partial charge in [-0.2, -0.15) is 13.2 Å². The Morgan fingerprint density at radius 2 is 1.73 bits per heavy atom. The number of nitrogens with zero attached hydrogens (tertiary/aromatic N) is 1. The molecule has 3 nitrogen and oxygen atoms in total. The lowest BCUT2D eigenvalue weighted by Crippen LogP contribution is -2.39. The molecule has 0 fully saturated rings. The molecule has 0 spiro atoms. The first kappa shape index (κ1) is 25.0. The minimum absolute atomic E-state index is 0.00967. The third-order valence-electron chi connectivity index (χ3n) is 6.64. The summed E-state index contributed by atoms with van der Waals surface area (Å²) in [6.07, 6.45) is -4.79. The molecule has 5 rings (SSSR count). The monoisotopic (exact) mass is 512 g/mol. The van der Waals surface area contributed by atoms with E-state index in [1.54, 1.807) is 6.07 Å². The fourth-order valence-electron chi connectivity index (χ4n) is 4.82. The molecule has 1 unspecified atom stereocenters. The summed E-state index contributed by atoms with van der Waals surface area (Å²) in [5, 5.41) is 5.75. The largest absolute Gasteiger partial charge is 0.483 e. The number of halogens is 5. The molecule has 0 saturated heterocycles. The molecule has 37 heavy (non-hydrogen) atoms. The fourth-order valence-corrected chi connectivity index (χ4v) is 4.82.